The molecule has 1 aromatic heterocycles. The smallest absolute Gasteiger partial charge is 0.0582 e. The van der Waals surface area contributed by atoms with Crippen LogP contribution in [-0.2, 0) is 0 Å². The Balaban J connectivity index is 2.12. The molecule has 0 aromatic carbocycles. The second-order valence-electron chi connectivity index (χ2n) is 4.33. The van der Waals surface area contributed by atoms with Crippen LogP contribution in [-0.4, -0.2) is 18.1 Å². The van der Waals surface area contributed by atoms with E-state index in [9.17, 15) is 0 Å². The molecule has 2 heteroatoms. The van der Waals surface area contributed by atoms with Gasteiger partial charge in [0, 0.05) is 19.3 Å². The highest BCUT2D eigenvalue weighted by molar-refractivity contribution is 5.51. The van der Waals surface area contributed by atoms with E-state index in [0.717, 1.165) is 5.92 Å². The molecule has 14 heavy (non-hydrogen) atoms. The molecule has 76 valence electrons. The SMILES string of the molecule is Cc1ccncc1N1CCC(C)CC1. The van der Waals surface area contributed by atoms with Gasteiger partial charge in [-0.2, -0.15) is 0 Å². The molecule has 0 radical (unpaired) electrons. The maximum absolute atomic E-state index is 4.20. The van der Waals surface area contributed by atoms with Crippen LogP contribution in [0.5, 0.6) is 0 Å². The first-order valence-electron chi connectivity index (χ1n) is 5.43. The molecule has 1 fully saturated rings. The predicted molar refractivity (Wildman–Crippen MR) is 59.6 cm³/mol. The number of hydrogen-bond acceptors (Lipinski definition) is 2. The quantitative estimate of drug-likeness (QED) is 0.676. The number of aryl methyl sites for hydroxylation is 1. The van der Waals surface area contributed by atoms with Crippen LogP contribution in [0.2, 0.25) is 0 Å². The van der Waals surface area contributed by atoms with E-state index in [1.54, 1.807) is 0 Å². The van der Waals surface area contributed by atoms with E-state index in [2.05, 4.69) is 29.8 Å². The maximum Gasteiger partial charge on any atom is 0.0582 e. The van der Waals surface area contributed by atoms with Crippen LogP contribution >= 0.6 is 0 Å². The van der Waals surface area contributed by atoms with Gasteiger partial charge in [-0.25, -0.2) is 0 Å². The number of aromatic nitrogens is 1. The molecule has 2 nitrogen and oxygen atoms in total. The fraction of sp³-hybridized carbons (Fsp3) is 0.583. The van der Waals surface area contributed by atoms with Crippen molar-refractivity contribution < 1.29 is 0 Å². The zero-order valence-corrected chi connectivity index (χ0v) is 9.03. The van der Waals surface area contributed by atoms with Gasteiger partial charge in [0.2, 0.25) is 0 Å². The fourth-order valence-corrected chi connectivity index (χ4v) is 2.04. The Labute approximate surface area is 86.0 Å². The first kappa shape index (κ1) is 9.50. The summed E-state index contributed by atoms with van der Waals surface area (Å²) < 4.78 is 0. The van der Waals surface area contributed by atoms with Crippen LogP contribution in [0, 0.1) is 12.8 Å². The topological polar surface area (TPSA) is 16.1 Å². The molecule has 1 saturated heterocycles. The van der Waals surface area contributed by atoms with Crippen molar-refractivity contribution in [3.8, 4) is 0 Å². The van der Waals surface area contributed by atoms with Gasteiger partial charge in [-0.1, -0.05) is 6.92 Å². The highest BCUT2D eigenvalue weighted by Gasteiger charge is 2.16. The molecular formula is C12H18N2. The van der Waals surface area contributed by atoms with Crippen molar-refractivity contribution in [3.63, 3.8) is 0 Å². The molecule has 0 spiro atoms. The molecular weight excluding hydrogens is 172 g/mol. The van der Waals surface area contributed by atoms with Crippen molar-refractivity contribution in [3.05, 3.63) is 24.0 Å². The van der Waals surface area contributed by atoms with Crippen molar-refractivity contribution in [2.75, 3.05) is 18.0 Å². The summed E-state index contributed by atoms with van der Waals surface area (Å²) in [6.07, 6.45) is 6.49. The summed E-state index contributed by atoms with van der Waals surface area (Å²) >= 11 is 0. The van der Waals surface area contributed by atoms with E-state index in [4.69, 9.17) is 0 Å². The highest BCUT2D eigenvalue weighted by atomic mass is 15.1. The first-order valence-corrected chi connectivity index (χ1v) is 5.43. The van der Waals surface area contributed by atoms with Crippen LogP contribution in [0.1, 0.15) is 25.3 Å². The number of pyridine rings is 1. The van der Waals surface area contributed by atoms with Crippen molar-refractivity contribution in [1.29, 1.82) is 0 Å². The molecule has 1 aliphatic rings. The molecule has 0 saturated carbocycles. The van der Waals surface area contributed by atoms with Gasteiger partial charge >= 0.3 is 0 Å². The van der Waals surface area contributed by atoms with Crippen LogP contribution < -0.4 is 4.90 Å². The van der Waals surface area contributed by atoms with E-state index in [0.29, 0.717) is 0 Å². The maximum atomic E-state index is 4.20. The Hall–Kier alpha value is -1.05. The Morgan fingerprint density at radius 1 is 1.36 bits per heavy atom. The molecule has 0 amide bonds. The fourth-order valence-electron chi connectivity index (χ4n) is 2.04. The van der Waals surface area contributed by atoms with Crippen LogP contribution in [0.25, 0.3) is 0 Å². The van der Waals surface area contributed by atoms with Crippen molar-refractivity contribution in [2.24, 2.45) is 5.92 Å². The Bertz CT molecular complexity index is 301. The number of piperidine rings is 1. The predicted octanol–water partition coefficient (Wildman–Crippen LogP) is 2.63. The molecule has 0 unspecified atom stereocenters. The van der Waals surface area contributed by atoms with Crippen molar-refractivity contribution in [2.45, 2.75) is 26.7 Å². The second kappa shape index (κ2) is 3.99. The minimum atomic E-state index is 0.892. The lowest BCUT2D eigenvalue weighted by Gasteiger charge is -2.32. The van der Waals surface area contributed by atoms with Gasteiger partial charge in [-0.15, -0.1) is 0 Å². The molecule has 2 heterocycles. The average molecular weight is 190 g/mol. The van der Waals surface area contributed by atoms with Crippen molar-refractivity contribution >= 4 is 5.69 Å². The zero-order chi connectivity index (χ0) is 9.97. The van der Waals surface area contributed by atoms with Gasteiger partial charge in [0.25, 0.3) is 0 Å². The standard InChI is InChI=1S/C12H18N2/c1-10-4-7-14(8-5-10)12-9-13-6-3-11(12)2/h3,6,9-10H,4-5,7-8H2,1-2H3. The number of rotatable bonds is 1. The van der Waals surface area contributed by atoms with Crippen LogP contribution in [0.15, 0.2) is 18.5 Å². The number of hydrogen-bond donors (Lipinski definition) is 0. The van der Waals surface area contributed by atoms with E-state index < -0.39 is 0 Å². The zero-order valence-electron chi connectivity index (χ0n) is 9.03. The molecule has 0 bridgehead atoms. The lowest BCUT2D eigenvalue weighted by atomic mass is 9.98. The van der Waals surface area contributed by atoms with Crippen LogP contribution in [0.4, 0.5) is 5.69 Å². The Kier molecular flexibility index (Phi) is 2.71. The summed E-state index contributed by atoms with van der Waals surface area (Å²) in [6.45, 7) is 6.88. The highest BCUT2D eigenvalue weighted by Crippen LogP contribution is 2.24. The molecule has 1 aromatic rings. The summed E-state index contributed by atoms with van der Waals surface area (Å²) in [6, 6.07) is 2.09. The van der Waals surface area contributed by atoms with Gasteiger partial charge < -0.3 is 4.90 Å². The first-order chi connectivity index (χ1) is 6.77. The van der Waals surface area contributed by atoms with E-state index in [1.807, 2.05) is 12.4 Å². The summed E-state index contributed by atoms with van der Waals surface area (Å²) in [5.41, 5.74) is 2.66. The van der Waals surface area contributed by atoms with E-state index >= 15 is 0 Å². The normalized spacial score (nSPS) is 18.6. The summed E-state index contributed by atoms with van der Waals surface area (Å²) in [4.78, 5) is 6.66. The van der Waals surface area contributed by atoms with Crippen molar-refractivity contribution in [1.82, 2.24) is 4.98 Å². The third kappa shape index (κ3) is 1.89. The lowest BCUT2D eigenvalue weighted by molar-refractivity contribution is 0.438. The van der Waals surface area contributed by atoms with Gasteiger partial charge in [-0.05, 0) is 37.3 Å². The number of anilines is 1. The van der Waals surface area contributed by atoms with Gasteiger partial charge in [-0.3, -0.25) is 4.98 Å². The van der Waals surface area contributed by atoms with Gasteiger partial charge in [0.15, 0.2) is 0 Å². The van der Waals surface area contributed by atoms with E-state index in [1.165, 1.54) is 37.2 Å². The van der Waals surface area contributed by atoms with E-state index in [-0.39, 0.29) is 0 Å². The monoisotopic (exact) mass is 190 g/mol. The molecule has 0 atom stereocenters. The minimum Gasteiger partial charge on any atom is -0.370 e. The number of nitrogens with zero attached hydrogens (tertiary/aromatic N) is 2. The summed E-state index contributed by atoms with van der Waals surface area (Å²) in [5, 5.41) is 0. The molecule has 0 aliphatic carbocycles. The van der Waals surface area contributed by atoms with Crippen LogP contribution in [0.3, 0.4) is 0 Å². The van der Waals surface area contributed by atoms with Gasteiger partial charge in [0.1, 0.15) is 0 Å². The second-order valence-corrected chi connectivity index (χ2v) is 4.33. The molecule has 2 rings (SSSR count). The third-order valence-corrected chi connectivity index (χ3v) is 3.14. The molecule has 0 N–H and O–H groups in total. The molecule has 1 aliphatic heterocycles. The lowest BCUT2D eigenvalue weighted by Crippen LogP contribution is -2.33. The Morgan fingerprint density at radius 3 is 2.71 bits per heavy atom. The summed E-state index contributed by atoms with van der Waals surface area (Å²) in [5.74, 6) is 0.892. The minimum absolute atomic E-state index is 0.892. The summed E-state index contributed by atoms with van der Waals surface area (Å²) in [7, 11) is 0. The van der Waals surface area contributed by atoms with Gasteiger partial charge in [0.05, 0.1) is 11.9 Å². The average Bonchev–Trinajstić information content (AvgIpc) is 2.20. The Morgan fingerprint density at radius 2 is 2.07 bits per heavy atom. The largest absolute Gasteiger partial charge is 0.370 e. The third-order valence-electron chi connectivity index (χ3n) is 3.14.